The molecule has 0 spiro atoms. The Kier molecular flexibility index (Phi) is 4.73. The summed E-state index contributed by atoms with van der Waals surface area (Å²) in [7, 11) is 0. The smallest absolute Gasteiger partial charge is 0.0887 e. The number of nitrogens with one attached hydrogen (secondary N) is 1. The first kappa shape index (κ1) is 14.9. The molecule has 0 aliphatic heterocycles. The maximum atomic E-state index is 10.8. The van der Waals surface area contributed by atoms with Gasteiger partial charge in [-0.25, -0.2) is 0 Å². The van der Waals surface area contributed by atoms with Gasteiger partial charge >= 0.3 is 0 Å². The van der Waals surface area contributed by atoms with E-state index in [0.29, 0.717) is 12.3 Å². The van der Waals surface area contributed by atoms with E-state index in [0.717, 1.165) is 29.4 Å². The SMILES string of the molecule is CC(C)CNCCC(C)(O)c1cccc2ccncc12. The molecule has 0 saturated heterocycles. The van der Waals surface area contributed by atoms with Crippen molar-refractivity contribution in [2.24, 2.45) is 5.92 Å². The van der Waals surface area contributed by atoms with Gasteiger partial charge in [0.25, 0.3) is 0 Å². The zero-order valence-corrected chi connectivity index (χ0v) is 12.6. The van der Waals surface area contributed by atoms with E-state index < -0.39 is 5.60 Å². The van der Waals surface area contributed by atoms with E-state index in [-0.39, 0.29) is 0 Å². The van der Waals surface area contributed by atoms with Crippen LogP contribution < -0.4 is 5.32 Å². The summed E-state index contributed by atoms with van der Waals surface area (Å²) in [6.07, 6.45) is 4.30. The third kappa shape index (κ3) is 3.56. The van der Waals surface area contributed by atoms with Gasteiger partial charge in [-0.3, -0.25) is 4.98 Å². The zero-order valence-electron chi connectivity index (χ0n) is 12.6. The van der Waals surface area contributed by atoms with E-state index in [1.165, 1.54) is 0 Å². The first-order valence-electron chi connectivity index (χ1n) is 7.27. The van der Waals surface area contributed by atoms with Crippen molar-refractivity contribution in [3.8, 4) is 0 Å². The van der Waals surface area contributed by atoms with Crippen LogP contribution in [-0.2, 0) is 5.60 Å². The Morgan fingerprint density at radius 1 is 1.30 bits per heavy atom. The molecular formula is C17H24N2O. The first-order valence-corrected chi connectivity index (χ1v) is 7.27. The van der Waals surface area contributed by atoms with Crippen LogP contribution in [0.2, 0.25) is 0 Å². The van der Waals surface area contributed by atoms with Crippen molar-refractivity contribution in [1.29, 1.82) is 0 Å². The van der Waals surface area contributed by atoms with Gasteiger partial charge in [0.05, 0.1) is 5.60 Å². The topological polar surface area (TPSA) is 45.1 Å². The Bertz CT molecular complexity index is 558. The van der Waals surface area contributed by atoms with E-state index >= 15 is 0 Å². The highest BCUT2D eigenvalue weighted by Crippen LogP contribution is 2.30. The van der Waals surface area contributed by atoms with Gasteiger partial charge in [-0.1, -0.05) is 32.0 Å². The van der Waals surface area contributed by atoms with E-state index in [2.05, 4.69) is 24.1 Å². The van der Waals surface area contributed by atoms with Crippen molar-refractivity contribution in [2.45, 2.75) is 32.8 Å². The Morgan fingerprint density at radius 2 is 2.10 bits per heavy atom. The van der Waals surface area contributed by atoms with Crippen molar-refractivity contribution in [3.05, 3.63) is 42.2 Å². The van der Waals surface area contributed by atoms with Crippen LogP contribution in [0, 0.1) is 5.92 Å². The highest BCUT2D eigenvalue weighted by atomic mass is 16.3. The number of hydrogen-bond acceptors (Lipinski definition) is 3. The fourth-order valence-corrected chi connectivity index (χ4v) is 2.44. The summed E-state index contributed by atoms with van der Waals surface area (Å²) in [4.78, 5) is 4.18. The number of aromatic nitrogens is 1. The van der Waals surface area contributed by atoms with Crippen LogP contribution in [0.1, 0.15) is 32.8 Å². The molecular weight excluding hydrogens is 248 g/mol. The van der Waals surface area contributed by atoms with Crippen LogP contribution in [0.15, 0.2) is 36.7 Å². The van der Waals surface area contributed by atoms with Gasteiger partial charge in [0.2, 0.25) is 0 Å². The van der Waals surface area contributed by atoms with Gasteiger partial charge in [-0.05, 0) is 49.4 Å². The van der Waals surface area contributed by atoms with E-state index in [9.17, 15) is 5.11 Å². The molecule has 0 aliphatic rings. The molecule has 1 aromatic heterocycles. The molecule has 1 aromatic carbocycles. The second-order valence-electron chi connectivity index (χ2n) is 6.02. The Morgan fingerprint density at radius 3 is 2.85 bits per heavy atom. The van der Waals surface area contributed by atoms with E-state index in [1.54, 1.807) is 6.20 Å². The Hall–Kier alpha value is -1.45. The molecule has 1 unspecified atom stereocenters. The minimum absolute atomic E-state index is 0.627. The summed E-state index contributed by atoms with van der Waals surface area (Å²) in [5, 5.41) is 16.3. The number of aliphatic hydroxyl groups is 1. The predicted octanol–water partition coefficient (Wildman–Crippen LogP) is 3.08. The number of hydrogen-bond donors (Lipinski definition) is 2. The number of benzene rings is 1. The lowest BCUT2D eigenvalue weighted by Gasteiger charge is -2.25. The summed E-state index contributed by atoms with van der Waals surface area (Å²) < 4.78 is 0. The number of pyridine rings is 1. The van der Waals surface area contributed by atoms with Crippen molar-refractivity contribution in [1.82, 2.24) is 10.3 Å². The maximum absolute atomic E-state index is 10.8. The second-order valence-corrected chi connectivity index (χ2v) is 6.02. The molecule has 2 rings (SSSR count). The molecule has 0 amide bonds. The maximum Gasteiger partial charge on any atom is 0.0887 e. The monoisotopic (exact) mass is 272 g/mol. The molecule has 0 radical (unpaired) electrons. The van der Waals surface area contributed by atoms with Gasteiger partial charge in [-0.2, -0.15) is 0 Å². The fourth-order valence-electron chi connectivity index (χ4n) is 2.44. The molecule has 0 saturated carbocycles. The molecule has 2 N–H and O–H groups in total. The van der Waals surface area contributed by atoms with Crippen LogP contribution >= 0.6 is 0 Å². The van der Waals surface area contributed by atoms with Gasteiger partial charge in [0, 0.05) is 17.8 Å². The lowest BCUT2D eigenvalue weighted by molar-refractivity contribution is 0.0493. The van der Waals surface area contributed by atoms with Crippen molar-refractivity contribution < 1.29 is 5.11 Å². The molecule has 2 aromatic rings. The quantitative estimate of drug-likeness (QED) is 0.794. The summed E-state index contributed by atoms with van der Waals surface area (Å²) in [6, 6.07) is 8.01. The predicted molar refractivity (Wildman–Crippen MR) is 83.6 cm³/mol. The van der Waals surface area contributed by atoms with E-state index in [1.807, 2.05) is 37.4 Å². The van der Waals surface area contributed by atoms with Crippen LogP contribution in [0.25, 0.3) is 10.8 Å². The molecule has 1 heterocycles. The van der Waals surface area contributed by atoms with Crippen LogP contribution in [-0.4, -0.2) is 23.2 Å². The Balaban J connectivity index is 2.15. The molecule has 3 nitrogen and oxygen atoms in total. The molecule has 0 fully saturated rings. The lowest BCUT2D eigenvalue weighted by atomic mass is 9.89. The van der Waals surface area contributed by atoms with Crippen molar-refractivity contribution in [2.75, 3.05) is 13.1 Å². The first-order chi connectivity index (χ1) is 9.50. The van der Waals surface area contributed by atoms with Crippen LogP contribution in [0.3, 0.4) is 0 Å². The molecule has 0 bridgehead atoms. The van der Waals surface area contributed by atoms with Crippen molar-refractivity contribution >= 4 is 10.8 Å². The minimum Gasteiger partial charge on any atom is -0.385 e. The average Bonchev–Trinajstić information content (AvgIpc) is 2.43. The third-order valence-electron chi connectivity index (χ3n) is 3.61. The standard InChI is InChI=1S/C17H24N2O/c1-13(2)11-19-10-8-17(3,20)16-6-4-5-14-7-9-18-12-15(14)16/h4-7,9,12-13,19-20H,8,10-11H2,1-3H3. The fraction of sp³-hybridized carbons (Fsp3) is 0.471. The molecule has 3 heteroatoms. The summed E-state index contributed by atoms with van der Waals surface area (Å²) in [5.74, 6) is 0.627. The summed E-state index contributed by atoms with van der Waals surface area (Å²) in [6.45, 7) is 8.03. The molecule has 20 heavy (non-hydrogen) atoms. The van der Waals surface area contributed by atoms with Gasteiger partial charge < -0.3 is 10.4 Å². The number of fused-ring (bicyclic) bond motifs is 1. The van der Waals surface area contributed by atoms with Crippen molar-refractivity contribution in [3.63, 3.8) is 0 Å². The van der Waals surface area contributed by atoms with Gasteiger partial charge in [-0.15, -0.1) is 0 Å². The summed E-state index contributed by atoms with van der Waals surface area (Å²) >= 11 is 0. The minimum atomic E-state index is -0.841. The highest BCUT2D eigenvalue weighted by molar-refractivity contribution is 5.85. The highest BCUT2D eigenvalue weighted by Gasteiger charge is 2.24. The average molecular weight is 272 g/mol. The van der Waals surface area contributed by atoms with E-state index in [4.69, 9.17) is 0 Å². The third-order valence-corrected chi connectivity index (χ3v) is 3.61. The lowest BCUT2D eigenvalue weighted by Crippen LogP contribution is -2.29. The number of rotatable bonds is 6. The number of nitrogens with zero attached hydrogens (tertiary/aromatic N) is 1. The van der Waals surface area contributed by atoms with Crippen LogP contribution in [0.5, 0.6) is 0 Å². The van der Waals surface area contributed by atoms with Gasteiger partial charge in [0.1, 0.15) is 0 Å². The van der Waals surface area contributed by atoms with Gasteiger partial charge in [0.15, 0.2) is 0 Å². The molecule has 0 aliphatic carbocycles. The normalized spacial score (nSPS) is 14.7. The zero-order chi connectivity index (χ0) is 14.6. The Labute approximate surface area is 121 Å². The summed E-state index contributed by atoms with van der Waals surface area (Å²) in [5.41, 5.74) is 0.112. The second kappa shape index (κ2) is 6.33. The van der Waals surface area contributed by atoms with Crippen LogP contribution in [0.4, 0.5) is 0 Å². The molecule has 108 valence electrons. The largest absolute Gasteiger partial charge is 0.385 e. The molecule has 1 atom stereocenters.